The first kappa shape index (κ1) is 17.6. The van der Waals surface area contributed by atoms with Crippen LogP contribution in [0, 0.1) is 5.92 Å². The van der Waals surface area contributed by atoms with Crippen LogP contribution < -0.4 is 0 Å². The van der Waals surface area contributed by atoms with E-state index in [2.05, 4.69) is 17.1 Å². The number of hydrogen-bond donors (Lipinski definition) is 0. The summed E-state index contributed by atoms with van der Waals surface area (Å²) < 4.78 is 10.2. The summed E-state index contributed by atoms with van der Waals surface area (Å²) in [7, 11) is 0. The van der Waals surface area contributed by atoms with Crippen molar-refractivity contribution in [2.75, 3.05) is 19.7 Å². The standard InChI is InChI=1S/C17H21N3O4S/c1-12-4-7-20(8-5-12)15(21)10-23-16(22)3-2-14-18-17(19-24-14)13-6-9-25-11-13/h6,9,11-12H,2-5,7-8,10H2,1H3. The molecule has 0 aliphatic carbocycles. The molecule has 0 aromatic carbocycles. The van der Waals surface area contributed by atoms with E-state index in [1.54, 1.807) is 16.2 Å². The zero-order valence-electron chi connectivity index (χ0n) is 14.1. The quantitative estimate of drug-likeness (QED) is 0.733. The van der Waals surface area contributed by atoms with E-state index in [1.807, 2.05) is 16.8 Å². The second-order valence-electron chi connectivity index (χ2n) is 6.25. The van der Waals surface area contributed by atoms with Crippen molar-refractivity contribution in [2.24, 2.45) is 5.92 Å². The fraction of sp³-hybridized carbons (Fsp3) is 0.529. The van der Waals surface area contributed by atoms with Gasteiger partial charge in [0, 0.05) is 30.5 Å². The Kier molecular flexibility index (Phi) is 5.80. The number of piperidine rings is 1. The minimum atomic E-state index is -0.436. The molecule has 0 saturated carbocycles. The Morgan fingerprint density at radius 2 is 2.20 bits per heavy atom. The Hall–Kier alpha value is -2.22. The molecule has 1 aliphatic heterocycles. The maximum Gasteiger partial charge on any atom is 0.306 e. The van der Waals surface area contributed by atoms with Crippen molar-refractivity contribution >= 4 is 23.2 Å². The molecule has 0 N–H and O–H groups in total. The molecule has 25 heavy (non-hydrogen) atoms. The van der Waals surface area contributed by atoms with Crippen molar-refractivity contribution in [1.82, 2.24) is 15.0 Å². The van der Waals surface area contributed by atoms with Crippen LogP contribution in [0.1, 0.15) is 32.1 Å². The van der Waals surface area contributed by atoms with E-state index >= 15 is 0 Å². The Labute approximate surface area is 150 Å². The van der Waals surface area contributed by atoms with Gasteiger partial charge in [0.15, 0.2) is 6.61 Å². The average Bonchev–Trinajstić information content (AvgIpc) is 3.29. The number of amides is 1. The van der Waals surface area contributed by atoms with Gasteiger partial charge in [-0.3, -0.25) is 9.59 Å². The number of thiophene rings is 1. The third-order valence-corrected chi connectivity index (χ3v) is 4.97. The van der Waals surface area contributed by atoms with Gasteiger partial charge in [0.05, 0.1) is 6.42 Å². The molecule has 3 heterocycles. The molecule has 0 unspecified atom stereocenters. The van der Waals surface area contributed by atoms with Gasteiger partial charge in [0.2, 0.25) is 11.7 Å². The predicted octanol–water partition coefficient (Wildman–Crippen LogP) is 2.53. The highest BCUT2D eigenvalue weighted by molar-refractivity contribution is 7.08. The fourth-order valence-electron chi connectivity index (χ4n) is 2.64. The number of aromatic nitrogens is 2. The van der Waals surface area contributed by atoms with Crippen LogP contribution in [0.3, 0.4) is 0 Å². The van der Waals surface area contributed by atoms with Crippen LogP contribution in [0.4, 0.5) is 0 Å². The lowest BCUT2D eigenvalue weighted by Crippen LogP contribution is -2.40. The lowest BCUT2D eigenvalue weighted by Gasteiger charge is -2.30. The first-order valence-corrected chi connectivity index (χ1v) is 9.34. The highest BCUT2D eigenvalue weighted by atomic mass is 32.1. The Bertz CT molecular complexity index is 705. The van der Waals surface area contributed by atoms with E-state index in [0.29, 0.717) is 24.1 Å². The van der Waals surface area contributed by atoms with Gasteiger partial charge in [0.1, 0.15) is 0 Å². The van der Waals surface area contributed by atoms with Crippen LogP contribution in [0.2, 0.25) is 0 Å². The second kappa shape index (κ2) is 8.24. The largest absolute Gasteiger partial charge is 0.456 e. The van der Waals surface area contributed by atoms with Gasteiger partial charge in [-0.25, -0.2) is 0 Å². The lowest BCUT2D eigenvalue weighted by atomic mass is 9.99. The van der Waals surface area contributed by atoms with Crippen LogP contribution in [-0.4, -0.2) is 46.6 Å². The normalized spacial score (nSPS) is 15.3. The predicted molar refractivity (Wildman–Crippen MR) is 91.9 cm³/mol. The summed E-state index contributed by atoms with van der Waals surface area (Å²) >= 11 is 1.55. The molecule has 0 bridgehead atoms. The third kappa shape index (κ3) is 4.88. The molecule has 0 atom stereocenters. The summed E-state index contributed by atoms with van der Waals surface area (Å²) in [6.45, 7) is 3.47. The van der Waals surface area contributed by atoms with Gasteiger partial charge in [-0.05, 0) is 30.2 Å². The average molecular weight is 363 g/mol. The van der Waals surface area contributed by atoms with Gasteiger partial charge in [-0.2, -0.15) is 16.3 Å². The van der Waals surface area contributed by atoms with Gasteiger partial charge in [-0.15, -0.1) is 0 Å². The van der Waals surface area contributed by atoms with Crippen LogP contribution in [0.5, 0.6) is 0 Å². The van der Waals surface area contributed by atoms with Crippen LogP contribution >= 0.6 is 11.3 Å². The van der Waals surface area contributed by atoms with Crippen molar-refractivity contribution in [3.05, 3.63) is 22.7 Å². The number of ether oxygens (including phenoxy) is 1. The molecule has 2 aromatic heterocycles. The van der Waals surface area contributed by atoms with Gasteiger partial charge in [0.25, 0.3) is 5.91 Å². The first-order valence-electron chi connectivity index (χ1n) is 8.40. The van der Waals surface area contributed by atoms with Crippen LogP contribution in [0.15, 0.2) is 21.3 Å². The Balaban J connectivity index is 1.39. The number of likely N-dealkylation sites (tertiary alicyclic amines) is 1. The molecule has 1 aliphatic rings. The molecule has 3 rings (SSSR count). The molecule has 1 fully saturated rings. The first-order chi connectivity index (χ1) is 12.1. The van der Waals surface area contributed by atoms with E-state index in [9.17, 15) is 9.59 Å². The van der Waals surface area contributed by atoms with E-state index in [4.69, 9.17) is 9.26 Å². The zero-order valence-corrected chi connectivity index (χ0v) is 15.0. The molecular formula is C17H21N3O4S. The van der Waals surface area contributed by atoms with Gasteiger partial charge in [-0.1, -0.05) is 12.1 Å². The van der Waals surface area contributed by atoms with E-state index in [-0.39, 0.29) is 18.9 Å². The van der Waals surface area contributed by atoms with Crippen molar-refractivity contribution in [1.29, 1.82) is 0 Å². The van der Waals surface area contributed by atoms with Crippen LogP contribution in [0.25, 0.3) is 11.4 Å². The van der Waals surface area contributed by atoms with E-state index < -0.39 is 5.97 Å². The molecule has 0 radical (unpaired) electrons. The molecule has 7 nitrogen and oxygen atoms in total. The molecular weight excluding hydrogens is 342 g/mol. The smallest absolute Gasteiger partial charge is 0.306 e. The molecule has 8 heteroatoms. The molecule has 1 amide bonds. The number of carbonyl (C=O) groups excluding carboxylic acids is 2. The number of esters is 1. The van der Waals surface area contributed by atoms with Crippen molar-refractivity contribution in [2.45, 2.75) is 32.6 Å². The fourth-order valence-corrected chi connectivity index (χ4v) is 3.27. The third-order valence-electron chi connectivity index (χ3n) is 4.28. The number of carbonyl (C=O) groups is 2. The summed E-state index contributed by atoms with van der Waals surface area (Å²) in [5.41, 5.74) is 0.893. The number of hydrogen-bond acceptors (Lipinski definition) is 7. The number of aryl methyl sites for hydroxylation is 1. The SMILES string of the molecule is CC1CCN(C(=O)COC(=O)CCc2nc(-c3ccsc3)no2)CC1. The molecule has 134 valence electrons. The van der Waals surface area contributed by atoms with Crippen molar-refractivity contribution in [3.8, 4) is 11.4 Å². The summed E-state index contributed by atoms with van der Waals surface area (Å²) in [5, 5.41) is 7.75. The van der Waals surface area contributed by atoms with Gasteiger partial charge >= 0.3 is 5.97 Å². The van der Waals surface area contributed by atoms with Crippen molar-refractivity contribution < 1.29 is 18.8 Å². The minimum absolute atomic E-state index is 0.107. The van der Waals surface area contributed by atoms with Crippen molar-refractivity contribution in [3.63, 3.8) is 0 Å². The maximum atomic E-state index is 12.0. The van der Waals surface area contributed by atoms with E-state index in [1.165, 1.54) is 0 Å². The van der Waals surface area contributed by atoms with Crippen LogP contribution in [-0.2, 0) is 20.7 Å². The van der Waals surface area contributed by atoms with E-state index in [0.717, 1.165) is 31.5 Å². The molecule has 1 saturated heterocycles. The maximum absolute atomic E-state index is 12.0. The lowest BCUT2D eigenvalue weighted by molar-refractivity contribution is -0.152. The highest BCUT2D eigenvalue weighted by Gasteiger charge is 2.21. The Morgan fingerprint density at radius 1 is 1.40 bits per heavy atom. The summed E-state index contributed by atoms with van der Waals surface area (Å²) in [4.78, 5) is 29.8. The molecule has 0 spiro atoms. The monoisotopic (exact) mass is 363 g/mol. The number of rotatable bonds is 6. The van der Waals surface area contributed by atoms with Gasteiger partial charge < -0.3 is 14.2 Å². The summed E-state index contributed by atoms with van der Waals surface area (Å²) in [6.07, 6.45) is 2.41. The number of nitrogens with zero attached hydrogens (tertiary/aromatic N) is 3. The summed E-state index contributed by atoms with van der Waals surface area (Å²) in [5.74, 6) is 0.986. The summed E-state index contributed by atoms with van der Waals surface area (Å²) in [6, 6.07) is 1.90. The molecule has 2 aromatic rings. The second-order valence-corrected chi connectivity index (χ2v) is 7.03. The topological polar surface area (TPSA) is 85.5 Å². The Morgan fingerprint density at radius 3 is 2.92 bits per heavy atom. The zero-order chi connectivity index (χ0) is 17.6. The minimum Gasteiger partial charge on any atom is -0.456 e. The highest BCUT2D eigenvalue weighted by Crippen LogP contribution is 2.19.